The van der Waals surface area contributed by atoms with Gasteiger partial charge in [-0.2, -0.15) is 5.26 Å². The summed E-state index contributed by atoms with van der Waals surface area (Å²) in [6.07, 6.45) is -0.0606. The topological polar surface area (TPSA) is 81.4 Å². The van der Waals surface area contributed by atoms with Crippen molar-refractivity contribution in [3.8, 4) is 6.07 Å². The molecular formula is C13H11FN2O3. The molecule has 98 valence electrons. The van der Waals surface area contributed by atoms with Crippen LogP contribution in [0.3, 0.4) is 0 Å². The summed E-state index contributed by atoms with van der Waals surface area (Å²) in [5.41, 5.74) is 0.136. The molecule has 6 heteroatoms. The first kappa shape index (κ1) is 13.0. The maximum Gasteiger partial charge on any atom is 0.308 e. The van der Waals surface area contributed by atoms with E-state index in [1.54, 1.807) is 6.07 Å². The van der Waals surface area contributed by atoms with Crippen LogP contribution in [0.1, 0.15) is 17.5 Å². The summed E-state index contributed by atoms with van der Waals surface area (Å²) in [6, 6.07) is 6.10. The Morgan fingerprint density at radius 3 is 2.89 bits per heavy atom. The van der Waals surface area contributed by atoms with Gasteiger partial charge in [0.15, 0.2) is 0 Å². The fraction of sp³-hybridized carbons (Fsp3) is 0.308. The number of carboxylic acid groups (broad SMARTS) is 1. The molecule has 0 aromatic heterocycles. The molecule has 1 amide bonds. The summed E-state index contributed by atoms with van der Waals surface area (Å²) in [5.74, 6) is -2.73. The van der Waals surface area contributed by atoms with Crippen molar-refractivity contribution in [1.29, 1.82) is 5.26 Å². The second-order valence-corrected chi connectivity index (χ2v) is 4.40. The van der Waals surface area contributed by atoms with E-state index in [1.807, 2.05) is 0 Å². The molecule has 1 fully saturated rings. The van der Waals surface area contributed by atoms with Gasteiger partial charge in [-0.25, -0.2) is 4.39 Å². The molecule has 1 saturated heterocycles. The van der Waals surface area contributed by atoms with Crippen molar-refractivity contribution < 1.29 is 19.1 Å². The zero-order valence-electron chi connectivity index (χ0n) is 9.97. The van der Waals surface area contributed by atoms with Crippen LogP contribution in [0, 0.1) is 23.1 Å². The summed E-state index contributed by atoms with van der Waals surface area (Å²) in [5, 5.41) is 17.6. The molecule has 0 radical (unpaired) electrons. The van der Waals surface area contributed by atoms with E-state index in [0.717, 1.165) is 0 Å². The zero-order valence-corrected chi connectivity index (χ0v) is 9.97. The lowest BCUT2D eigenvalue weighted by Crippen LogP contribution is -2.26. The van der Waals surface area contributed by atoms with Gasteiger partial charge >= 0.3 is 5.97 Å². The van der Waals surface area contributed by atoms with Gasteiger partial charge in [0.25, 0.3) is 0 Å². The first-order chi connectivity index (χ1) is 9.02. The van der Waals surface area contributed by atoms with Crippen LogP contribution in [0.25, 0.3) is 0 Å². The van der Waals surface area contributed by atoms with Gasteiger partial charge in [-0.05, 0) is 6.07 Å². The molecule has 1 aromatic rings. The van der Waals surface area contributed by atoms with Gasteiger partial charge in [0.2, 0.25) is 5.91 Å². The number of carboxylic acids is 1. The van der Waals surface area contributed by atoms with Crippen molar-refractivity contribution in [3.63, 3.8) is 0 Å². The number of halogens is 1. The normalized spacial score (nSPS) is 18.4. The summed E-state index contributed by atoms with van der Waals surface area (Å²) >= 11 is 0. The van der Waals surface area contributed by atoms with E-state index in [0.29, 0.717) is 0 Å². The van der Waals surface area contributed by atoms with E-state index in [9.17, 15) is 14.0 Å². The highest BCUT2D eigenvalue weighted by molar-refractivity contribution is 5.86. The Labute approximate surface area is 108 Å². The van der Waals surface area contributed by atoms with Crippen LogP contribution < -0.4 is 0 Å². The lowest BCUT2D eigenvalue weighted by molar-refractivity contribution is -0.141. The minimum absolute atomic E-state index is 0.00995. The molecule has 5 nitrogen and oxygen atoms in total. The highest BCUT2D eigenvalue weighted by atomic mass is 19.1. The Morgan fingerprint density at radius 1 is 1.58 bits per heavy atom. The molecule has 0 spiro atoms. The number of aliphatic carboxylic acids is 1. The predicted molar refractivity (Wildman–Crippen MR) is 62.3 cm³/mol. The highest BCUT2D eigenvalue weighted by Crippen LogP contribution is 2.22. The molecule has 1 atom stereocenters. The minimum atomic E-state index is -1.03. The fourth-order valence-corrected chi connectivity index (χ4v) is 2.08. The van der Waals surface area contributed by atoms with E-state index in [2.05, 4.69) is 0 Å². The quantitative estimate of drug-likeness (QED) is 0.885. The van der Waals surface area contributed by atoms with Crippen LogP contribution in [0.15, 0.2) is 18.2 Å². The van der Waals surface area contributed by atoms with E-state index in [-0.39, 0.29) is 36.5 Å². The molecule has 0 saturated carbocycles. The van der Waals surface area contributed by atoms with Gasteiger partial charge < -0.3 is 10.0 Å². The smallest absolute Gasteiger partial charge is 0.308 e. The zero-order chi connectivity index (χ0) is 14.0. The van der Waals surface area contributed by atoms with E-state index < -0.39 is 17.7 Å². The second-order valence-electron chi connectivity index (χ2n) is 4.40. The first-order valence-corrected chi connectivity index (χ1v) is 5.71. The largest absolute Gasteiger partial charge is 0.481 e. The Bertz CT molecular complexity index is 580. The van der Waals surface area contributed by atoms with Gasteiger partial charge in [-0.1, -0.05) is 12.1 Å². The fourth-order valence-electron chi connectivity index (χ4n) is 2.08. The molecule has 1 N–H and O–H groups in total. The average molecular weight is 262 g/mol. The molecule has 1 aliphatic rings. The van der Waals surface area contributed by atoms with Crippen LogP contribution in [-0.4, -0.2) is 28.4 Å². The summed E-state index contributed by atoms with van der Waals surface area (Å²) < 4.78 is 13.8. The third-order valence-corrected chi connectivity index (χ3v) is 3.12. The van der Waals surface area contributed by atoms with Gasteiger partial charge in [0, 0.05) is 25.1 Å². The summed E-state index contributed by atoms with van der Waals surface area (Å²) in [4.78, 5) is 23.8. The monoisotopic (exact) mass is 262 g/mol. The number of benzene rings is 1. The van der Waals surface area contributed by atoms with Crippen LogP contribution >= 0.6 is 0 Å². The Balaban J connectivity index is 2.17. The average Bonchev–Trinajstić information content (AvgIpc) is 2.74. The molecule has 1 unspecified atom stereocenters. The summed E-state index contributed by atoms with van der Waals surface area (Å²) in [7, 11) is 0. The van der Waals surface area contributed by atoms with Crippen LogP contribution in [-0.2, 0) is 16.1 Å². The Morgan fingerprint density at radius 2 is 2.32 bits per heavy atom. The van der Waals surface area contributed by atoms with Gasteiger partial charge in [0.1, 0.15) is 11.9 Å². The van der Waals surface area contributed by atoms with Crippen molar-refractivity contribution in [2.45, 2.75) is 13.0 Å². The predicted octanol–water partition coefficient (Wildman–Crippen LogP) is 1.13. The number of rotatable bonds is 3. The molecule has 1 aromatic carbocycles. The molecule has 0 aliphatic carbocycles. The van der Waals surface area contributed by atoms with Crippen molar-refractivity contribution in [1.82, 2.24) is 4.90 Å². The van der Waals surface area contributed by atoms with Gasteiger partial charge in [0.05, 0.1) is 11.5 Å². The molecule has 0 bridgehead atoms. The van der Waals surface area contributed by atoms with Gasteiger partial charge in [-0.15, -0.1) is 0 Å². The van der Waals surface area contributed by atoms with Crippen LogP contribution in [0.5, 0.6) is 0 Å². The molecular weight excluding hydrogens is 251 g/mol. The highest BCUT2D eigenvalue weighted by Gasteiger charge is 2.34. The number of nitriles is 1. The van der Waals surface area contributed by atoms with Crippen molar-refractivity contribution in [3.05, 3.63) is 35.1 Å². The van der Waals surface area contributed by atoms with E-state index in [1.165, 1.54) is 23.1 Å². The third kappa shape index (κ3) is 2.55. The maximum absolute atomic E-state index is 13.8. The Kier molecular flexibility index (Phi) is 3.47. The van der Waals surface area contributed by atoms with Crippen molar-refractivity contribution >= 4 is 11.9 Å². The molecule has 1 heterocycles. The maximum atomic E-state index is 13.8. The molecule has 1 aliphatic heterocycles. The lowest BCUT2D eigenvalue weighted by Gasteiger charge is -2.16. The lowest BCUT2D eigenvalue weighted by atomic mass is 10.1. The SMILES string of the molecule is N#Cc1cccc(CN2CC(C(=O)O)CC2=O)c1F. The van der Waals surface area contributed by atoms with Gasteiger partial charge in [-0.3, -0.25) is 9.59 Å². The number of amides is 1. The number of hydrogen-bond acceptors (Lipinski definition) is 3. The standard InChI is InChI=1S/C13H11FN2O3/c14-12-8(5-15)2-1-3-9(12)6-16-7-10(13(18)19)4-11(16)17/h1-3,10H,4,6-7H2,(H,18,19). The van der Waals surface area contributed by atoms with Crippen molar-refractivity contribution in [2.24, 2.45) is 5.92 Å². The first-order valence-electron chi connectivity index (χ1n) is 5.71. The number of nitrogens with zero attached hydrogens (tertiary/aromatic N) is 2. The number of hydrogen-bond donors (Lipinski definition) is 1. The summed E-state index contributed by atoms with van der Waals surface area (Å²) in [6.45, 7) is 0.0638. The van der Waals surface area contributed by atoms with Crippen LogP contribution in [0.2, 0.25) is 0 Å². The Hall–Kier alpha value is -2.42. The molecule has 2 rings (SSSR count). The number of carbonyl (C=O) groups excluding carboxylic acids is 1. The van der Waals surface area contributed by atoms with Crippen LogP contribution in [0.4, 0.5) is 4.39 Å². The second kappa shape index (κ2) is 5.06. The molecule has 19 heavy (non-hydrogen) atoms. The minimum Gasteiger partial charge on any atom is -0.481 e. The van der Waals surface area contributed by atoms with Crippen molar-refractivity contribution in [2.75, 3.05) is 6.54 Å². The number of carbonyl (C=O) groups is 2. The number of likely N-dealkylation sites (tertiary alicyclic amines) is 1. The van der Waals surface area contributed by atoms with E-state index >= 15 is 0 Å². The van der Waals surface area contributed by atoms with E-state index in [4.69, 9.17) is 10.4 Å². The third-order valence-electron chi connectivity index (χ3n) is 3.12.